The molecule has 0 rings (SSSR count). The number of aliphatic hydroxyl groups excluding tert-OH is 1. The lowest BCUT2D eigenvalue weighted by atomic mass is 9.80. The van der Waals surface area contributed by atoms with Crippen LogP contribution < -0.4 is 0 Å². The average molecular weight is 736 g/mol. The molecule has 2 N–H and O–H groups in total. The van der Waals surface area contributed by atoms with Crippen molar-refractivity contribution in [3.05, 3.63) is 25.3 Å². The van der Waals surface area contributed by atoms with Gasteiger partial charge in [0.2, 0.25) is 0 Å². The molecule has 0 radical (unpaired) electrons. The maximum Gasteiger partial charge on any atom is 0.0431 e. The van der Waals surface area contributed by atoms with Crippen molar-refractivity contribution in [1.82, 2.24) is 5.06 Å². The number of nitrogens with zero attached hydrogens (tertiary/aromatic N) is 1. The highest BCUT2D eigenvalue weighted by molar-refractivity contribution is 5.01. The summed E-state index contributed by atoms with van der Waals surface area (Å²) in [7, 11) is 0. The average Bonchev–Trinajstić information content (AvgIpc) is 3.15. The molecule has 0 aromatic heterocycles. The maximum absolute atomic E-state index is 10.1. The van der Waals surface area contributed by atoms with E-state index in [2.05, 4.69) is 61.3 Å². The van der Waals surface area contributed by atoms with Crippen molar-refractivity contribution in [2.75, 3.05) is 19.7 Å². The van der Waals surface area contributed by atoms with Gasteiger partial charge in [-0.1, -0.05) is 221 Å². The Balaban J connectivity index is -0.00000171. The molecule has 0 bridgehead atoms. The highest BCUT2D eigenvalue weighted by Gasteiger charge is 2.18. The van der Waals surface area contributed by atoms with Crippen molar-refractivity contribution < 1.29 is 10.3 Å². The lowest BCUT2D eigenvalue weighted by molar-refractivity contribution is -0.0925. The Morgan fingerprint density at radius 1 is 0.500 bits per heavy atom. The number of allylic oxidation sites excluding steroid dienone is 1. The molecule has 3 heteroatoms. The molecule has 0 heterocycles. The summed E-state index contributed by atoms with van der Waals surface area (Å²) in [6.45, 7) is 26.6. The van der Waals surface area contributed by atoms with E-state index in [1.165, 1.54) is 193 Å². The third-order valence-electron chi connectivity index (χ3n) is 11.0. The van der Waals surface area contributed by atoms with Gasteiger partial charge in [0.05, 0.1) is 0 Å². The van der Waals surface area contributed by atoms with Crippen molar-refractivity contribution in [3.8, 4) is 0 Å². The first kappa shape index (κ1) is 55.7. The molecule has 314 valence electrons. The van der Waals surface area contributed by atoms with Crippen LogP contribution in [-0.2, 0) is 0 Å². The molecule has 52 heavy (non-hydrogen) atoms. The Kier molecular flexibility index (Phi) is 51.8. The van der Waals surface area contributed by atoms with Crippen LogP contribution in [0.25, 0.3) is 0 Å². The minimum atomic E-state index is 0.369. The number of hydrogen-bond donors (Lipinski definition) is 2. The van der Waals surface area contributed by atoms with Crippen molar-refractivity contribution in [1.29, 1.82) is 0 Å². The van der Waals surface area contributed by atoms with Crippen LogP contribution in [0.1, 0.15) is 253 Å². The summed E-state index contributed by atoms with van der Waals surface area (Å²) in [4.78, 5) is 0. The zero-order valence-electron chi connectivity index (χ0n) is 37.2. The van der Waals surface area contributed by atoms with Crippen molar-refractivity contribution >= 4 is 0 Å². The Labute approximate surface area is 330 Å². The first-order valence-electron chi connectivity index (χ1n) is 23.6. The third-order valence-corrected chi connectivity index (χ3v) is 11.0. The van der Waals surface area contributed by atoms with Crippen LogP contribution in [-0.4, -0.2) is 35.1 Å². The quantitative estimate of drug-likeness (QED) is 0.0375. The summed E-state index contributed by atoms with van der Waals surface area (Å²) < 4.78 is 0. The molecule has 0 amide bonds. The molecule has 0 saturated carbocycles. The number of unbranched alkanes of at least 4 members (excludes halogenated alkanes) is 22. The highest BCUT2D eigenvalue weighted by atomic mass is 16.5. The van der Waals surface area contributed by atoms with Crippen LogP contribution >= 0.6 is 0 Å². The van der Waals surface area contributed by atoms with Gasteiger partial charge >= 0.3 is 0 Å². The molecular formula is C49H101NO2. The summed E-state index contributed by atoms with van der Waals surface area (Å²) in [5.74, 6) is 2.48. The van der Waals surface area contributed by atoms with Gasteiger partial charge in [-0.05, 0) is 62.7 Å². The van der Waals surface area contributed by atoms with Crippen LogP contribution in [0.4, 0.5) is 0 Å². The third kappa shape index (κ3) is 45.5. The van der Waals surface area contributed by atoms with Crippen molar-refractivity contribution in [3.63, 3.8) is 0 Å². The molecule has 2 atom stereocenters. The lowest BCUT2D eigenvalue weighted by Gasteiger charge is -2.25. The minimum absolute atomic E-state index is 0.369. The van der Waals surface area contributed by atoms with Gasteiger partial charge in [0.25, 0.3) is 0 Å². The molecule has 0 aliphatic carbocycles. The maximum atomic E-state index is 10.1. The highest BCUT2D eigenvalue weighted by Crippen LogP contribution is 2.32. The summed E-state index contributed by atoms with van der Waals surface area (Å²) >= 11 is 0. The fraction of sp³-hybridized carbons (Fsp3) is 0.918. The van der Waals surface area contributed by atoms with E-state index in [0.717, 1.165) is 50.1 Å². The summed E-state index contributed by atoms with van der Waals surface area (Å²) in [5, 5.41) is 20.2. The first-order chi connectivity index (χ1) is 25.4. The summed E-state index contributed by atoms with van der Waals surface area (Å²) in [6.07, 6.45) is 43.8. The largest absolute Gasteiger partial charge is 0.396 e. The first-order valence-corrected chi connectivity index (χ1v) is 23.6. The van der Waals surface area contributed by atoms with Gasteiger partial charge in [0, 0.05) is 19.7 Å². The second kappa shape index (κ2) is 48.4. The molecule has 0 fully saturated rings. The number of aliphatic hydroxyl groups is 1. The molecule has 0 aliphatic heterocycles. The van der Waals surface area contributed by atoms with Crippen LogP contribution in [0.15, 0.2) is 25.3 Å². The molecule has 0 aliphatic rings. The lowest BCUT2D eigenvalue weighted by Crippen LogP contribution is -2.21. The second-order valence-electron chi connectivity index (χ2n) is 16.5. The Bertz CT molecular complexity index is 641. The molecule has 0 aromatic carbocycles. The van der Waals surface area contributed by atoms with Crippen molar-refractivity contribution in [2.45, 2.75) is 253 Å². The van der Waals surface area contributed by atoms with Gasteiger partial charge in [-0.15, -0.1) is 13.2 Å². The van der Waals surface area contributed by atoms with Gasteiger partial charge in [-0.3, -0.25) is 0 Å². The normalized spacial score (nSPS) is 12.3. The van der Waals surface area contributed by atoms with E-state index in [1.54, 1.807) is 10.6 Å². The van der Waals surface area contributed by atoms with Gasteiger partial charge in [0.15, 0.2) is 0 Å². The Hall–Kier alpha value is -0.640. The summed E-state index contributed by atoms with van der Waals surface area (Å²) in [5.41, 5.74) is 1.57. The molecule has 2 unspecified atom stereocenters. The molecule has 0 saturated heterocycles. The van der Waals surface area contributed by atoms with E-state index in [0.29, 0.717) is 6.61 Å². The Morgan fingerprint density at radius 3 is 1.35 bits per heavy atom. The van der Waals surface area contributed by atoms with E-state index >= 15 is 0 Å². The van der Waals surface area contributed by atoms with Gasteiger partial charge in [-0.25, -0.2) is 0 Å². The van der Waals surface area contributed by atoms with Gasteiger partial charge < -0.3 is 10.3 Å². The SMILES string of the molecule is C=C.C=C(CCCCCCCCN(O)CCCCCCC(C)C)C(CCCCCCCC)CC(CC)CCCCCC.CCCCCCCCCO. The van der Waals surface area contributed by atoms with Crippen LogP contribution in [0, 0.1) is 17.8 Å². The van der Waals surface area contributed by atoms with E-state index in [9.17, 15) is 5.21 Å². The number of hydrogen-bond acceptors (Lipinski definition) is 3. The topological polar surface area (TPSA) is 43.7 Å². The van der Waals surface area contributed by atoms with Crippen molar-refractivity contribution in [2.24, 2.45) is 17.8 Å². The summed E-state index contributed by atoms with van der Waals surface area (Å²) in [6, 6.07) is 0. The predicted molar refractivity (Wildman–Crippen MR) is 238 cm³/mol. The van der Waals surface area contributed by atoms with Gasteiger partial charge in [-0.2, -0.15) is 5.06 Å². The standard InChI is InChI=1S/C38H77NO.C9H20O.C2H4/c1-7-10-12-14-18-25-31-38(34-37(9-3)30-24-13-11-8-2)36(6)29-23-17-15-16-20-26-32-39(40)33-27-21-19-22-28-35(4)5;1-2-3-4-5-6-7-8-9-10;1-2/h35,37-38,40H,6-34H2,1-5H3;10H,2-9H2,1H3;1-2H2. The monoisotopic (exact) mass is 736 g/mol. The van der Waals surface area contributed by atoms with Crippen LogP contribution in [0.5, 0.6) is 0 Å². The van der Waals surface area contributed by atoms with Crippen LogP contribution in [0.2, 0.25) is 0 Å². The fourth-order valence-electron chi connectivity index (χ4n) is 7.35. The minimum Gasteiger partial charge on any atom is -0.396 e. The predicted octanol–water partition coefficient (Wildman–Crippen LogP) is 16.9. The smallest absolute Gasteiger partial charge is 0.0431 e. The molecule has 0 spiro atoms. The molecular weight excluding hydrogens is 635 g/mol. The fourth-order valence-corrected chi connectivity index (χ4v) is 7.35. The van der Waals surface area contributed by atoms with E-state index in [4.69, 9.17) is 5.11 Å². The number of rotatable bonds is 39. The number of hydroxylamine groups is 2. The van der Waals surface area contributed by atoms with E-state index in [-0.39, 0.29) is 0 Å². The zero-order valence-corrected chi connectivity index (χ0v) is 37.2. The Morgan fingerprint density at radius 2 is 0.885 bits per heavy atom. The molecule has 3 nitrogen and oxygen atoms in total. The zero-order chi connectivity index (χ0) is 39.3. The van der Waals surface area contributed by atoms with E-state index in [1.807, 2.05) is 0 Å². The second-order valence-corrected chi connectivity index (χ2v) is 16.5. The van der Waals surface area contributed by atoms with Crippen LogP contribution in [0.3, 0.4) is 0 Å². The van der Waals surface area contributed by atoms with E-state index < -0.39 is 0 Å². The molecule has 0 aromatic rings. The van der Waals surface area contributed by atoms with Gasteiger partial charge in [0.1, 0.15) is 0 Å².